The summed E-state index contributed by atoms with van der Waals surface area (Å²) in [5.74, 6) is 0. The maximum Gasteiger partial charge on any atom is 0.0807 e. The van der Waals surface area contributed by atoms with E-state index in [1.807, 2.05) is 48.8 Å². The Kier molecular flexibility index (Phi) is 9.08. The first-order valence-corrected chi connectivity index (χ1v) is 8.77. The van der Waals surface area contributed by atoms with Gasteiger partial charge in [0.05, 0.1) is 11.4 Å². The van der Waals surface area contributed by atoms with Crippen LogP contribution >= 0.6 is 0 Å². The van der Waals surface area contributed by atoms with Crippen molar-refractivity contribution in [3.05, 3.63) is 60.2 Å². The number of aliphatic imine (C=N–C) groups is 2. The molecule has 0 aliphatic rings. The molecule has 0 amide bonds. The van der Waals surface area contributed by atoms with E-state index >= 15 is 0 Å². The van der Waals surface area contributed by atoms with Crippen LogP contribution in [0.15, 0.2) is 58.8 Å². The molecule has 0 fully saturated rings. The minimum absolute atomic E-state index is 0.894. The smallest absolute Gasteiger partial charge is 0.0807 e. The van der Waals surface area contributed by atoms with E-state index in [-0.39, 0.29) is 0 Å². The van der Waals surface area contributed by atoms with E-state index in [9.17, 15) is 0 Å². The first-order chi connectivity index (χ1) is 11.9. The van der Waals surface area contributed by atoms with Crippen molar-refractivity contribution in [1.82, 2.24) is 9.97 Å². The van der Waals surface area contributed by atoms with Crippen molar-refractivity contribution in [2.45, 2.75) is 38.5 Å². The Morgan fingerprint density at radius 2 is 1.08 bits per heavy atom. The summed E-state index contributed by atoms with van der Waals surface area (Å²) < 4.78 is 0. The fourth-order valence-corrected chi connectivity index (χ4v) is 2.33. The number of rotatable bonds is 11. The van der Waals surface area contributed by atoms with Crippen LogP contribution in [0.25, 0.3) is 0 Å². The van der Waals surface area contributed by atoms with E-state index in [1.165, 1.54) is 25.7 Å². The Bertz CT molecular complexity index is 538. The maximum atomic E-state index is 4.42. The van der Waals surface area contributed by atoms with Gasteiger partial charge in [0.2, 0.25) is 0 Å². The molecule has 126 valence electrons. The highest BCUT2D eigenvalue weighted by atomic mass is 14.7. The molecule has 24 heavy (non-hydrogen) atoms. The van der Waals surface area contributed by atoms with E-state index in [0.717, 1.165) is 37.3 Å². The lowest BCUT2D eigenvalue weighted by Gasteiger charge is -1.99. The fourth-order valence-electron chi connectivity index (χ4n) is 2.33. The Morgan fingerprint density at radius 1 is 0.625 bits per heavy atom. The number of aromatic nitrogens is 2. The van der Waals surface area contributed by atoms with Gasteiger partial charge in [-0.05, 0) is 37.1 Å². The fraction of sp³-hybridized carbons (Fsp3) is 0.400. The lowest BCUT2D eigenvalue weighted by Crippen LogP contribution is -1.89. The number of unbranched alkanes of at least 4 members (excludes halogenated alkanes) is 5. The quantitative estimate of drug-likeness (QED) is 0.456. The number of nitrogens with zero attached hydrogens (tertiary/aromatic N) is 4. The molecule has 0 spiro atoms. The molecule has 0 aliphatic heterocycles. The van der Waals surface area contributed by atoms with Crippen LogP contribution in [-0.2, 0) is 0 Å². The SMILES string of the molecule is C(=NCCCCCCCCN=Cc1ccccn1)c1ccccn1. The molecule has 0 N–H and O–H groups in total. The van der Waals surface area contributed by atoms with Crippen LogP contribution in [-0.4, -0.2) is 35.5 Å². The zero-order chi connectivity index (χ0) is 16.7. The van der Waals surface area contributed by atoms with Crippen LogP contribution in [0.5, 0.6) is 0 Å². The second-order valence-electron chi connectivity index (χ2n) is 5.70. The largest absolute Gasteiger partial charge is 0.291 e. The molecule has 2 heterocycles. The molecule has 2 rings (SSSR count). The van der Waals surface area contributed by atoms with Crippen LogP contribution in [0.2, 0.25) is 0 Å². The van der Waals surface area contributed by atoms with E-state index in [0.29, 0.717) is 0 Å². The van der Waals surface area contributed by atoms with Gasteiger partial charge in [0.1, 0.15) is 0 Å². The second-order valence-corrected chi connectivity index (χ2v) is 5.70. The average molecular weight is 322 g/mol. The molecule has 2 aromatic rings. The summed E-state index contributed by atoms with van der Waals surface area (Å²) in [5, 5.41) is 0. The van der Waals surface area contributed by atoms with Crippen LogP contribution < -0.4 is 0 Å². The van der Waals surface area contributed by atoms with Crippen molar-refractivity contribution < 1.29 is 0 Å². The highest BCUT2D eigenvalue weighted by molar-refractivity contribution is 5.77. The molecule has 4 heteroatoms. The first kappa shape index (κ1) is 18.0. The van der Waals surface area contributed by atoms with Crippen LogP contribution in [0.1, 0.15) is 49.9 Å². The van der Waals surface area contributed by atoms with Crippen LogP contribution in [0, 0.1) is 0 Å². The zero-order valence-electron chi connectivity index (χ0n) is 14.2. The third-order valence-electron chi connectivity index (χ3n) is 3.65. The molecule has 0 radical (unpaired) electrons. The van der Waals surface area contributed by atoms with Gasteiger partial charge in [-0.3, -0.25) is 20.0 Å². The lowest BCUT2D eigenvalue weighted by atomic mass is 10.1. The number of hydrogen-bond acceptors (Lipinski definition) is 4. The van der Waals surface area contributed by atoms with Gasteiger partial charge < -0.3 is 0 Å². The monoisotopic (exact) mass is 322 g/mol. The molecule has 0 aromatic carbocycles. The third kappa shape index (κ3) is 8.32. The van der Waals surface area contributed by atoms with E-state index in [1.54, 1.807) is 12.4 Å². The first-order valence-electron chi connectivity index (χ1n) is 8.77. The van der Waals surface area contributed by atoms with Crippen LogP contribution in [0.4, 0.5) is 0 Å². The Morgan fingerprint density at radius 3 is 1.50 bits per heavy atom. The van der Waals surface area contributed by atoms with Gasteiger partial charge >= 0.3 is 0 Å². The Balaban J connectivity index is 1.40. The third-order valence-corrected chi connectivity index (χ3v) is 3.65. The van der Waals surface area contributed by atoms with Gasteiger partial charge in [-0.25, -0.2) is 0 Å². The summed E-state index contributed by atoms with van der Waals surface area (Å²) in [7, 11) is 0. The molecule has 4 nitrogen and oxygen atoms in total. The van der Waals surface area contributed by atoms with Crippen molar-refractivity contribution in [3.63, 3.8) is 0 Å². The standard InChI is InChI=1S/C20H26N4/c1(3-7-13-21-17-19-11-5-9-15-23-19)2-4-8-14-22-18-20-12-6-10-16-24-20/h5-6,9-12,15-18H,1-4,7-8,13-14H2. The summed E-state index contributed by atoms with van der Waals surface area (Å²) in [6, 6.07) is 11.7. The van der Waals surface area contributed by atoms with Crippen molar-refractivity contribution in [2.75, 3.05) is 13.1 Å². The van der Waals surface area contributed by atoms with E-state index in [2.05, 4.69) is 20.0 Å². The van der Waals surface area contributed by atoms with Gasteiger partial charge in [0.15, 0.2) is 0 Å². The van der Waals surface area contributed by atoms with Gasteiger partial charge in [-0.1, -0.05) is 37.8 Å². The highest BCUT2D eigenvalue weighted by Gasteiger charge is 1.91. The second kappa shape index (κ2) is 12.1. The van der Waals surface area contributed by atoms with Gasteiger partial charge in [0, 0.05) is 37.9 Å². The lowest BCUT2D eigenvalue weighted by molar-refractivity contribution is 0.602. The summed E-state index contributed by atoms with van der Waals surface area (Å²) in [6.07, 6.45) is 14.7. The molecule has 0 aliphatic carbocycles. The molecular formula is C20H26N4. The predicted octanol–water partition coefficient (Wildman–Crippen LogP) is 4.36. The molecule has 0 unspecified atom stereocenters. The summed E-state index contributed by atoms with van der Waals surface area (Å²) >= 11 is 0. The van der Waals surface area contributed by atoms with Crippen LogP contribution in [0.3, 0.4) is 0 Å². The molecule has 0 atom stereocenters. The van der Waals surface area contributed by atoms with Gasteiger partial charge in [0.25, 0.3) is 0 Å². The van der Waals surface area contributed by atoms with Crippen molar-refractivity contribution in [3.8, 4) is 0 Å². The van der Waals surface area contributed by atoms with E-state index < -0.39 is 0 Å². The number of hydrogen-bond donors (Lipinski definition) is 0. The minimum atomic E-state index is 0.894. The predicted molar refractivity (Wildman–Crippen MR) is 101 cm³/mol. The normalized spacial score (nSPS) is 11.5. The topological polar surface area (TPSA) is 50.5 Å². The summed E-state index contributed by atoms with van der Waals surface area (Å²) in [4.78, 5) is 17.3. The van der Waals surface area contributed by atoms with Crippen molar-refractivity contribution in [2.24, 2.45) is 9.98 Å². The molecule has 0 saturated carbocycles. The molecule has 0 bridgehead atoms. The van der Waals surface area contributed by atoms with Gasteiger partial charge in [-0.15, -0.1) is 0 Å². The minimum Gasteiger partial charge on any atom is -0.291 e. The average Bonchev–Trinajstić information content (AvgIpc) is 2.64. The Labute approximate surface area is 144 Å². The summed E-state index contributed by atoms with van der Waals surface area (Å²) in [5.41, 5.74) is 1.87. The van der Waals surface area contributed by atoms with Gasteiger partial charge in [-0.2, -0.15) is 0 Å². The number of pyridine rings is 2. The molecule has 2 aromatic heterocycles. The van der Waals surface area contributed by atoms with Crippen molar-refractivity contribution in [1.29, 1.82) is 0 Å². The zero-order valence-corrected chi connectivity index (χ0v) is 14.2. The highest BCUT2D eigenvalue weighted by Crippen LogP contribution is 2.05. The summed E-state index contributed by atoms with van der Waals surface area (Å²) in [6.45, 7) is 1.79. The van der Waals surface area contributed by atoms with E-state index in [4.69, 9.17) is 0 Å². The maximum absolute atomic E-state index is 4.42. The molecule has 0 saturated heterocycles. The van der Waals surface area contributed by atoms with Crippen molar-refractivity contribution >= 4 is 12.4 Å². The Hall–Kier alpha value is -2.36. The molecular weight excluding hydrogens is 296 g/mol.